The molecule has 0 aromatic rings. The van der Waals surface area contributed by atoms with Gasteiger partial charge in [-0.05, 0) is 64.1 Å². The average Bonchev–Trinajstić information content (AvgIpc) is 2.55. The summed E-state index contributed by atoms with van der Waals surface area (Å²) in [6.07, 6.45) is 5.52. The first-order valence-corrected chi connectivity index (χ1v) is 13.2. The third-order valence-electron chi connectivity index (χ3n) is 5.72. The third kappa shape index (κ3) is 8.87. The first-order chi connectivity index (χ1) is 12.7. The molecule has 162 valence electrons. The number of esters is 1. The van der Waals surface area contributed by atoms with E-state index in [4.69, 9.17) is 9.16 Å². The minimum Gasteiger partial charge on any atom is -0.468 e. The lowest BCUT2D eigenvalue weighted by Crippen LogP contribution is -2.50. The van der Waals surface area contributed by atoms with E-state index >= 15 is 0 Å². The predicted molar refractivity (Wildman–Crippen MR) is 120 cm³/mol. The second kappa shape index (κ2) is 11.1. The highest BCUT2D eigenvalue weighted by molar-refractivity contribution is 6.74. The van der Waals surface area contributed by atoms with E-state index in [9.17, 15) is 9.59 Å². The first kappa shape index (κ1) is 26.8. The van der Waals surface area contributed by atoms with E-state index in [1.807, 2.05) is 19.9 Å². The summed E-state index contributed by atoms with van der Waals surface area (Å²) in [7, 11) is -0.747. The minimum absolute atomic E-state index is 0.0364. The molecule has 2 atom stereocenters. The van der Waals surface area contributed by atoms with Crippen molar-refractivity contribution in [2.24, 2.45) is 5.92 Å². The van der Waals surface area contributed by atoms with Gasteiger partial charge in [-0.3, -0.25) is 9.59 Å². The molecule has 0 aromatic carbocycles. The molecule has 0 heterocycles. The van der Waals surface area contributed by atoms with Crippen LogP contribution >= 0.6 is 0 Å². The third-order valence-corrected chi connectivity index (χ3v) is 10.3. The minimum atomic E-state index is -2.09. The summed E-state index contributed by atoms with van der Waals surface area (Å²) in [6.45, 7) is 22.6. The number of carbonyl (C=O) groups excluding carboxylic acids is 2. The lowest BCUT2D eigenvalue weighted by atomic mass is 9.84. The lowest BCUT2D eigenvalue weighted by Gasteiger charge is -2.45. The van der Waals surface area contributed by atoms with E-state index < -0.39 is 25.8 Å². The fourth-order valence-corrected chi connectivity index (χ4v) is 4.74. The largest absolute Gasteiger partial charge is 0.468 e. The average molecular weight is 411 g/mol. The van der Waals surface area contributed by atoms with Gasteiger partial charge in [-0.2, -0.15) is 0 Å². The van der Waals surface area contributed by atoms with Crippen molar-refractivity contribution in [1.29, 1.82) is 0 Å². The Balaban J connectivity index is 5.59. The highest BCUT2D eigenvalue weighted by atomic mass is 28.4. The summed E-state index contributed by atoms with van der Waals surface area (Å²) in [5.41, 5.74) is 0.458. The molecule has 4 nitrogen and oxygen atoms in total. The smallest absolute Gasteiger partial charge is 0.316 e. The summed E-state index contributed by atoms with van der Waals surface area (Å²) >= 11 is 0. The zero-order valence-electron chi connectivity index (χ0n) is 19.4. The van der Waals surface area contributed by atoms with Crippen LogP contribution < -0.4 is 0 Å². The van der Waals surface area contributed by atoms with E-state index in [2.05, 4.69) is 47.0 Å². The van der Waals surface area contributed by atoms with Crippen LogP contribution in [0.25, 0.3) is 0 Å². The zero-order chi connectivity index (χ0) is 22.2. The van der Waals surface area contributed by atoms with Crippen LogP contribution in [0.15, 0.2) is 24.8 Å². The lowest BCUT2D eigenvalue weighted by molar-refractivity contribution is -0.152. The van der Waals surface area contributed by atoms with E-state index in [0.717, 1.165) is 24.8 Å². The molecule has 0 rings (SSSR count). The summed E-state index contributed by atoms with van der Waals surface area (Å²) in [5.74, 6) is -1.34. The monoisotopic (exact) mass is 410 g/mol. The van der Waals surface area contributed by atoms with Crippen molar-refractivity contribution in [2.45, 2.75) is 96.9 Å². The molecule has 0 amide bonds. The molecule has 0 saturated heterocycles. The summed E-state index contributed by atoms with van der Waals surface area (Å²) < 4.78 is 11.7. The van der Waals surface area contributed by atoms with Gasteiger partial charge >= 0.3 is 5.97 Å². The molecule has 0 aliphatic carbocycles. The number of ketones is 1. The fourth-order valence-electron chi connectivity index (χ4n) is 3.01. The van der Waals surface area contributed by atoms with Gasteiger partial charge in [-0.25, -0.2) is 0 Å². The molecule has 28 heavy (non-hydrogen) atoms. The number of hydrogen-bond acceptors (Lipinski definition) is 4. The van der Waals surface area contributed by atoms with Crippen molar-refractivity contribution in [3.63, 3.8) is 0 Å². The van der Waals surface area contributed by atoms with Crippen LogP contribution in [0.2, 0.25) is 18.1 Å². The second-order valence-corrected chi connectivity index (χ2v) is 14.4. The van der Waals surface area contributed by atoms with Gasteiger partial charge in [0.15, 0.2) is 8.32 Å². The maximum absolute atomic E-state index is 12.8. The number of methoxy groups -OCH3 is 1. The number of allylic oxidation sites excluding steroid dienone is 2. The Labute approximate surface area is 173 Å². The van der Waals surface area contributed by atoms with Crippen LogP contribution in [-0.2, 0) is 18.8 Å². The molecule has 0 saturated carbocycles. The van der Waals surface area contributed by atoms with Gasteiger partial charge in [0, 0.05) is 6.42 Å². The van der Waals surface area contributed by atoms with Crippen molar-refractivity contribution in [3.05, 3.63) is 24.8 Å². The van der Waals surface area contributed by atoms with E-state index in [0.29, 0.717) is 19.3 Å². The molecule has 0 aromatic heterocycles. The van der Waals surface area contributed by atoms with Crippen LogP contribution in [0.5, 0.6) is 0 Å². The van der Waals surface area contributed by atoms with Gasteiger partial charge in [0.25, 0.3) is 0 Å². The van der Waals surface area contributed by atoms with Crippen LogP contribution in [0.3, 0.4) is 0 Å². The SMILES string of the molecule is C=CCCC(C)(CC(C(=O)CCCC(=C)C)C(=O)OC)O[Si](C)(C)C(C)(C)C. The summed E-state index contributed by atoms with van der Waals surface area (Å²) in [6, 6.07) is 0. The Morgan fingerprint density at radius 3 is 2.14 bits per heavy atom. The molecule has 0 spiro atoms. The van der Waals surface area contributed by atoms with E-state index in [1.54, 1.807) is 0 Å². The predicted octanol–water partition coefficient (Wildman–Crippen LogP) is 6.23. The topological polar surface area (TPSA) is 52.6 Å². The number of hydrogen-bond donors (Lipinski definition) is 0. The van der Waals surface area contributed by atoms with Crippen LogP contribution in [0.4, 0.5) is 0 Å². The molecule has 0 bridgehead atoms. The maximum Gasteiger partial charge on any atom is 0.316 e. The van der Waals surface area contributed by atoms with Gasteiger partial charge in [0.05, 0.1) is 12.7 Å². The Hall–Kier alpha value is -1.20. The molecule has 0 radical (unpaired) electrons. The van der Waals surface area contributed by atoms with Crippen LogP contribution in [-0.4, -0.2) is 32.8 Å². The van der Waals surface area contributed by atoms with Crippen molar-refractivity contribution < 1.29 is 18.8 Å². The molecule has 0 fully saturated rings. The van der Waals surface area contributed by atoms with Crippen molar-refractivity contribution in [1.82, 2.24) is 0 Å². The van der Waals surface area contributed by atoms with Gasteiger partial charge in [0.2, 0.25) is 0 Å². The van der Waals surface area contributed by atoms with E-state index in [-0.39, 0.29) is 10.8 Å². The highest BCUT2D eigenvalue weighted by Gasteiger charge is 2.45. The zero-order valence-corrected chi connectivity index (χ0v) is 20.4. The standard InChI is InChI=1S/C23H42O4Si/c1-11-12-16-23(7,27-28(9,10)22(4,5)6)17-19(21(25)26-8)20(24)15-13-14-18(2)3/h11,19H,1-2,12-17H2,3-10H3. The Morgan fingerprint density at radius 2 is 1.71 bits per heavy atom. The quantitative estimate of drug-likeness (QED) is 0.156. The number of Topliss-reactive ketones (excluding diaryl/α,β-unsaturated/α-hetero) is 1. The van der Waals surface area contributed by atoms with E-state index in [1.165, 1.54) is 7.11 Å². The first-order valence-electron chi connectivity index (χ1n) is 10.2. The van der Waals surface area contributed by atoms with Gasteiger partial charge in [0.1, 0.15) is 11.7 Å². The maximum atomic E-state index is 12.8. The Kier molecular flexibility index (Phi) is 10.6. The molecular weight excluding hydrogens is 368 g/mol. The van der Waals surface area contributed by atoms with Crippen LogP contribution in [0.1, 0.15) is 73.1 Å². The summed E-state index contributed by atoms with van der Waals surface area (Å²) in [5, 5.41) is 0.0364. The van der Waals surface area contributed by atoms with Crippen molar-refractivity contribution in [2.75, 3.05) is 7.11 Å². The Morgan fingerprint density at radius 1 is 1.14 bits per heavy atom. The molecule has 0 aliphatic heterocycles. The molecule has 0 N–H and O–H groups in total. The van der Waals surface area contributed by atoms with Gasteiger partial charge < -0.3 is 9.16 Å². The Bertz CT molecular complexity index is 559. The second-order valence-electron chi connectivity index (χ2n) is 9.70. The van der Waals surface area contributed by atoms with Gasteiger partial charge in [-0.15, -0.1) is 13.2 Å². The highest BCUT2D eigenvalue weighted by Crippen LogP contribution is 2.42. The number of rotatable bonds is 13. The summed E-state index contributed by atoms with van der Waals surface area (Å²) in [4.78, 5) is 25.3. The molecule has 2 unspecified atom stereocenters. The molecular formula is C23H42O4Si. The van der Waals surface area contributed by atoms with Crippen molar-refractivity contribution >= 4 is 20.1 Å². The molecule has 0 aliphatic rings. The fraction of sp³-hybridized carbons (Fsp3) is 0.739. The number of ether oxygens (including phenoxy) is 1. The van der Waals surface area contributed by atoms with Gasteiger partial charge in [-0.1, -0.05) is 32.4 Å². The molecule has 5 heteroatoms. The number of carbonyl (C=O) groups is 2. The normalized spacial score (nSPS) is 15.4. The van der Waals surface area contributed by atoms with Crippen molar-refractivity contribution in [3.8, 4) is 0 Å². The van der Waals surface area contributed by atoms with Crippen LogP contribution in [0, 0.1) is 5.92 Å².